The van der Waals surface area contributed by atoms with Crippen molar-refractivity contribution in [1.82, 2.24) is 4.72 Å². The van der Waals surface area contributed by atoms with Crippen LogP contribution in [-0.2, 0) is 10.0 Å². The molecule has 0 unspecified atom stereocenters. The fraction of sp³-hybridized carbons (Fsp3) is 0.200. The summed E-state index contributed by atoms with van der Waals surface area (Å²) in [5, 5.41) is 0. The highest BCUT2D eigenvalue weighted by Crippen LogP contribution is 2.18. The summed E-state index contributed by atoms with van der Waals surface area (Å²) in [5.74, 6) is 0. The van der Waals surface area contributed by atoms with Gasteiger partial charge in [0.1, 0.15) is 0 Å². The molecule has 0 aliphatic carbocycles. The van der Waals surface area contributed by atoms with E-state index in [9.17, 15) is 8.42 Å². The summed E-state index contributed by atoms with van der Waals surface area (Å²) in [6.45, 7) is 3.85. The van der Waals surface area contributed by atoms with E-state index in [4.69, 9.17) is 0 Å². The molecule has 2 aromatic carbocycles. The Hall–Kier alpha value is -0.920. The molecule has 1 atom stereocenters. The minimum atomic E-state index is -3.49. The maximum Gasteiger partial charge on any atom is 0.241 e. The number of nitrogens with one attached hydrogen (secondary N) is 1. The van der Waals surface area contributed by atoms with Gasteiger partial charge >= 0.3 is 0 Å². The van der Waals surface area contributed by atoms with Gasteiger partial charge in [0.15, 0.2) is 0 Å². The summed E-state index contributed by atoms with van der Waals surface area (Å²) < 4.78 is 28.3. The van der Waals surface area contributed by atoms with Gasteiger partial charge in [-0.15, -0.1) is 0 Å². The van der Waals surface area contributed by atoms with Crippen molar-refractivity contribution in [2.45, 2.75) is 24.8 Å². The van der Waals surface area contributed by atoms with E-state index in [2.05, 4.69) is 27.3 Å². The van der Waals surface area contributed by atoms with Crippen molar-refractivity contribution < 1.29 is 8.42 Å². The van der Waals surface area contributed by atoms with E-state index < -0.39 is 10.0 Å². The molecule has 0 saturated heterocycles. The second-order valence-corrected chi connectivity index (χ2v) is 7.67. The van der Waals surface area contributed by atoms with Crippen LogP contribution in [0.3, 0.4) is 0 Å². The topological polar surface area (TPSA) is 46.2 Å². The molecule has 0 fully saturated rings. The van der Waals surface area contributed by atoms with Crippen LogP contribution in [0.2, 0.25) is 0 Å². The van der Waals surface area contributed by atoms with E-state index in [0.29, 0.717) is 0 Å². The molecule has 2 rings (SSSR count). The minimum absolute atomic E-state index is 0.264. The van der Waals surface area contributed by atoms with Crippen molar-refractivity contribution in [3.63, 3.8) is 0 Å². The summed E-state index contributed by atoms with van der Waals surface area (Å²) in [6, 6.07) is 14.4. The van der Waals surface area contributed by atoms with Gasteiger partial charge in [-0.2, -0.15) is 0 Å². The van der Waals surface area contributed by atoms with Crippen LogP contribution in [-0.4, -0.2) is 8.42 Å². The SMILES string of the molecule is Cc1ccc([C@@H](C)NS(=O)(=O)c2ccc(I)cc2)cc1. The molecular weight excluding hydrogens is 385 g/mol. The Morgan fingerprint density at radius 1 is 1.00 bits per heavy atom. The Balaban J connectivity index is 2.19. The Morgan fingerprint density at radius 2 is 1.55 bits per heavy atom. The molecule has 106 valence electrons. The summed E-state index contributed by atoms with van der Waals surface area (Å²) in [5.41, 5.74) is 2.10. The molecule has 0 aromatic heterocycles. The molecule has 0 aliphatic rings. The lowest BCUT2D eigenvalue weighted by Crippen LogP contribution is -2.26. The standard InChI is InChI=1S/C15H16INO2S/c1-11-3-5-13(6-4-11)12(2)17-20(18,19)15-9-7-14(16)8-10-15/h3-10,12,17H,1-2H3/t12-/m1/s1. The minimum Gasteiger partial charge on any atom is -0.207 e. The Bertz CT molecular complexity index is 679. The molecule has 0 radical (unpaired) electrons. The third kappa shape index (κ3) is 3.80. The van der Waals surface area contributed by atoms with Crippen LogP contribution in [0.4, 0.5) is 0 Å². The number of sulfonamides is 1. The van der Waals surface area contributed by atoms with Crippen molar-refractivity contribution in [3.8, 4) is 0 Å². The molecule has 1 N–H and O–H groups in total. The van der Waals surface area contributed by atoms with Crippen LogP contribution in [0.1, 0.15) is 24.1 Å². The molecule has 0 amide bonds. The van der Waals surface area contributed by atoms with E-state index in [1.807, 2.05) is 38.1 Å². The first-order valence-corrected chi connectivity index (χ1v) is 8.79. The van der Waals surface area contributed by atoms with E-state index in [1.165, 1.54) is 0 Å². The quantitative estimate of drug-likeness (QED) is 0.796. The second-order valence-electron chi connectivity index (χ2n) is 4.71. The number of benzene rings is 2. The maximum atomic E-state index is 12.3. The third-order valence-corrected chi connectivity index (χ3v) is 5.31. The second kappa shape index (κ2) is 6.24. The number of rotatable bonds is 4. The smallest absolute Gasteiger partial charge is 0.207 e. The number of halogens is 1. The van der Waals surface area contributed by atoms with Crippen LogP contribution in [0.5, 0.6) is 0 Å². The predicted octanol–water partition coefficient (Wildman–Crippen LogP) is 3.64. The van der Waals surface area contributed by atoms with Gasteiger partial charge in [0, 0.05) is 9.61 Å². The van der Waals surface area contributed by atoms with Gasteiger partial charge in [-0.25, -0.2) is 13.1 Å². The molecule has 0 saturated carbocycles. The number of aryl methyl sites for hydroxylation is 1. The van der Waals surface area contributed by atoms with E-state index >= 15 is 0 Å². The Kier molecular flexibility index (Phi) is 4.82. The fourth-order valence-corrected chi connectivity index (χ4v) is 3.43. The van der Waals surface area contributed by atoms with Gasteiger partial charge in [0.2, 0.25) is 10.0 Å². The number of hydrogen-bond acceptors (Lipinski definition) is 2. The molecule has 2 aromatic rings. The van der Waals surface area contributed by atoms with Crippen LogP contribution in [0, 0.1) is 10.5 Å². The average molecular weight is 401 g/mol. The summed E-state index contributed by atoms with van der Waals surface area (Å²) in [7, 11) is -3.49. The maximum absolute atomic E-state index is 12.3. The summed E-state index contributed by atoms with van der Waals surface area (Å²) in [4.78, 5) is 0.289. The van der Waals surface area contributed by atoms with E-state index in [1.54, 1.807) is 24.3 Å². The molecule has 3 nitrogen and oxygen atoms in total. The van der Waals surface area contributed by atoms with Crippen molar-refractivity contribution in [1.29, 1.82) is 0 Å². The zero-order chi connectivity index (χ0) is 14.8. The highest BCUT2D eigenvalue weighted by atomic mass is 127. The summed E-state index contributed by atoms with van der Waals surface area (Å²) >= 11 is 2.15. The third-order valence-electron chi connectivity index (χ3n) is 3.03. The Labute approximate surface area is 133 Å². The lowest BCUT2D eigenvalue weighted by molar-refractivity contribution is 0.567. The zero-order valence-electron chi connectivity index (χ0n) is 11.3. The first kappa shape index (κ1) is 15.5. The van der Waals surface area contributed by atoms with Gasteiger partial charge < -0.3 is 0 Å². The van der Waals surface area contributed by atoms with E-state index in [0.717, 1.165) is 14.7 Å². The Morgan fingerprint density at radius 3 is 2.10 bits per heavy atom. The first-order chi connectivity index (χ1) is 9.38. The number of hydrogen-bond donors (Lipinski definition) is 1. The van der Waals surface area contributed by atoms with Crippen molar-refractivity contribution in [2.75, 3.05) is 0 Å². The van der Waals surface area contributed by atoms with Crippen LogP contribution < -0.4 is 4.72 Å². The molecule has 0 heterocycles. The molecule has 5 heteroatoms. The van der Waals surface area contributed by atoms with Crippen molar-refractivity contribution in [3.05, 3.63) is 63.2 Å². The normalized spacial score (nSPS) is 13.2. The first-order valence-electron chi connectivity index (χ1n) is 6.23. The summed E-state index contributed by atoms with van der Waals surface area (Å²) in [6.07, 6.45) is 0. The lowest BCUT2D eigenvalue weighted by Gasteiger charge is -2.15. The van der Waals surface area contributed by atoms with Crippen LogP contribution in [0.15, 0.2) is 53.4 Å². The van der Waals surface area contributed by atoms with Crippen molar-refractivity contribution >= 4 is 32.6 Å². The zero-order valence-corrected chi connectivity index (χ0v) is 14.3. The molecule has 20 heavy (non-hydrogen) atoms. The lowest BCUT2D eigenvalue weighted by atomic mass is 10.1. The highest BCUT2D eigenvalue weighted by Gasteiger charge is 2.18. The highest BCUT2D eigenvalue weighted by molar-refractivity contribution is 14.1. The molecule has 0 spiro atoms. The largest absolute Gasteiger partial charge is 0.241 e. The van der Waals surface area contributed by atoms with Crippen LogP contribution >= 0.6 is 22.6 Å². The van der Waals surface area contributed by atoms with Gasteiger partial charge in [-0.3, -0.25) is 0 Å². The van der Waals surface area contributed by atoms with Gasteiger partial charge in [-0.05, 0) is 66.3 Å². The molecular formula is C15H16INO2S. The van der Waals surface area contributed by atoms with Crippen LogP contribution in [0.25, 0.3) is 0 Å². The molecule has 0 aliphatic heterocycles. The van der Waals surface area contributed by atoms with Gasteiger partial charge in [0.05, 0.1) is 4.90 Å². The monoisotopic (exact) mass is 401 g/mol. The van der Waals surface area contributed by atoms with E-state index in [-0.39, 0.29) is 10.9 Å². The van der Waals surface area contributed by atoms with Gasteiger partial charge in [0.25, 0.3) is 0 Å². The average Bonchev–Trinajstić information content (AvgIpc) is 2.39. The van der Waals surface area contributed by atoms with Crippen molar-refractivity contribution in [2.24, 2.45) is 0 Å². The fourth-order valence-electron chi connectivity index (χ4n) is 1.84. The predicted molar refractivity (Wildman–Crippen MR) is 89.1 cm³/mol. The molecule has 0 bridgehead atoms. The van der Waals surface area contributed by atoms with Gasteiger partial charge in [-0.1, -0.05) is 29.8 Å².